The lowest BCUT2D eigenvalue weighted by molar-refractivity contribution is 0.677. The van der Waals surface area contributed by atoms with Crippen molar-refractivity contribution < 1.29 is 4.21 Å². The molecule has 2 atom stereocenters. The van der Waals surface area contributed by atoms with E-state index < -0.39 is 10.8 Å². The first-order valence-electron chi connectivity index (χ1n) is 2.77. The average Bonchev–Trinajstić information content (AvgIpc) is 1.65. The van der Waals surface area contributed by atoms with Gasteiger partial charge in [-0.3, -0.25) is 4.21 Å². The van der Waals surface area contributed by atoms with Gasteiger partial charge in [-0.2, -0.15) is 0 Å². The van der Waals surface area contributed by atoms with E-state index in [2.05, 4.69) is 0 Å². The normalized spacial score (nSPS) is 17.9. The summed E-state index contributed by atoms with van der Waals surface area (Å²) >= 11 is 0. The molecule has 1 unspecified atom stereocenters. The molecule has 0 aromatic heterocycles. The molecule has 8 heavy (non-hydrogen) atoms. The molecule has 50 valence electrons. The van der Waals surface area contributed by atoms with Gasteiger partial charge in [0.25, 0.3) is 0 Å². The molecular weight excluding hydrogens is 122 g/mol. The Hall–Kier alpha value is 0.110. The molecule has 2 nitrogen and oxygen atoms in total. The van der Waals surface area contributed by atoms with Gasteiger partial charge in [0, 0.05) is 28.3 Å². The van der Waals surface area contributed by atoms with Gasteiger partial charge in [-0.05, 0) is 6.92 Å². The predicted octanol–water partition coefficient (Wildman–Crippen LogP) is 0.102. The Labute approximate surface area is 52.9 Å². The molecule has 0 heterocycles. The fourth-order valence-electron chi connectivity index (χ4n) is 0.411. The number of hydrogen-bond acceptors (Lipinski definition) is 2. The Balaban J connectivity index is 3.25. The quantitative estimate of drug-likeness (QED) is 0.596. The summed E-state index contributed by atoms with van der Waals surface area (Å²) < 4.78 is 10.7. The summed E-state index contributed by atoms with van der Waals surface area (Å²) in [6, 6.07) is 0.0794. The molecule has 0 aromatic rings. The molecule has 0 spiro atoms. The second kappa shape index (κ2) is 4.04. The highest BCUT2D eigenvalue weighted by molar-refractivity contribution is 7.84. The first kappa shape index (κ1) is 8.11. The van der Waals surface area contributed by atoms with Crippen molar-refractivity contribution in [3.8, 4) is 0 Å². The minimum atomic E-state index is -0.682. The Kier molecular flexibility index (Phi) is 4.09. The van der Waals surface area contributed by atoms with Gasteiger partial charge in [0.15, 0.2) is 0 Å². The molecule has 0 amide bonds. The van der Waals surface area contributed by atoms with Crippen LogP contribution in [0.1, 0.15) is 13.8 Å². The lowest BCUT2D eigenvalue weighted by Crippen LogP contribution is -2.23. The van der Waals surface area contributed by atoms with Crippen LogP contribution in [0.4, 0.5) is 0 Å². The third-order valence-electron chi connectivity index (χ3n) is 0.771. The lowest BCUT2D eigenvalue weighted by atomic mass is 10.4. The third kappa shape index (κ3) is 4.27. The molecule has 0 saturated carbocycles. The van der Waals surface area contributed by atoms with Crippen molar-refractivity contribution in [1.29, 1.82) is 0 Å². The molecule has 0 fully saturated rings. The fourth-order valence-corrected chi connectivity index (χ4v) is 1.23. The van der Waals surface area contributed by atoms with E-state index >= 15 is 0 Å². The van der Waals surface area contributed by atoms with E-state index in [1.165, 1.54) is 0 Å². The topological polar surface area (TPSA) is 43.1 Å². The van der Waals surface area contributed by atoms with Gasteiger partial charge in [-0.1, -0.05) is 6.92 Å². The Bertz CT molecular complexity index is 82.5. The molecule has 0 rings (SSSR count). The van der Waals surface area contributed by atoms with Gasteiger partial charge in [-0.25, -0.2) is 0 Å². The van der Waals surface area contributed by atoms with Crippen LogP contribution < -0.4 is 5.73 Å². The highest BCUT2D eigenvalue weighted by Gasteiger charge is 1.98. The average molecular weight is 135 g/mol. The van der Waals surface area contributed by atoms with Crippen LogP contribution in [0.2, 0.25) is 0 Å². The molecule has 0 aliphatic heterocycles. The molecule has 0 radical (unpaired) electrons. The van der Waals surface area contributed by atoms with Gasteiger partial charge in [0.05, 0.1) is 0 Å². The molecular formula is C5H13NOS. The van der Waals surface area contributed by atoms with Crippen LogP contribution >= 0.6 is 0 Å². The van der Waals surface area contributed by atoms with Crippen molar-refractivity contribution in [2.75, 3.05) is 11.5 Å². The van der Waals surface area contributed by atoms with Crippen LogP contribution in [0.5, 0.6) is 0 Å². The van der Waals surface area contributed by atoms with E-state index in [1.54, 1.807) is 0 Å². The lowest BCUT2D eigenvalue weighted by Gasteiger charge is -2.00. The third-order valence-corrected chi connectivity index (χ3v) is 2.31. The summed E-state index contributed by atoms with van der Waals surface area (Å²) in [6.45, 7) is 3.77. The Morgan fingerprint density at radius 1 is 1.75 bits per heavy atom. The second-order valence-corrected chi connectivity index (χ2v) is 3.66. The maximum atomic E-state index is 10.7. The molecule has 0 aliphatic carbocycles. The molecule has 0 aromatic carbocycles. The first-order chi connectivity index (χ1) is 3.66. The number of nitrogens with two attached hydrogens (primary N) is 1. The van der Waals surface area contributed by atoms with Crippen LogP contribution in [0.3, 0.4) is 0 Å². The molecule has 0 saturated heterocycles. The minimum absolute atomic E-state index is 0.0794. The van der Waals surface area contributed by atoms with E-state index in [1.807, 2.05) is 13.8 Å². The molecule has 2 N–H and O–H groups in total. The minimum Gasteiger partial charge on any atom is -0.327 e. The van der Waals surface area contributed by atoms with E-state index in [0.29, 0.717) is 5.75 Å². The highest BCUT2D eigenvalue weighted by Crippen LogP contribution is 1.83. The molecule has 0 bridgehead atoms. The number of hydrogen-bond donors (Lipinski definition) is 1. The van der Waals surface area contributed by atoms with Crippen LogP contribution in [0, 0.1) is 0 Å². The monoisotopic (exact) mass is 135 g/mol. The molecule has 3 heteroatoms. The van der Waals surface area contributed by atoms with Crippen molar-refractivity contribution in [3.63, 3.8) is 0 Å². The van der Waals surface area contributed by atoms with Crippen LogP contribution in [0.15, 0.2) is 0 Å². The van der Waals surface area contributed by atoms with Gasteiger partial charge in [0.1, 0.15) is 0 Å². The molecule has 0 aliphatic rings. The maximum absolute atomic E-state index is 10.7. The van der Waals surface area contributed by atoms with Crippen molar-refractivity contribution in [3.05, 3.63) is 0 Å². The zero-order chi connectivity index (χ0) is 6.57. The van der Waals surface area contributed by atoms with Crippen molar-refractivity contribution in [2.24, 2.45) is 5.73 Å². The Morgan fingerprint density at radius 2 is 2.25 bits per heavy atom. The summed E-state index contributed by atoms with van der Waals surface area (Å²) in [5, 5.41) is 0. The second-order valence-electron chi connectivity index (χ2n) is 1.87. The maximum Gasteiger partial charge on any atom is 0.0383 e. The van der Waals surface area contributed by atoms with Crippen molar-refractivity contribution >= 4 is 10.8 Å². The SMILES string of the molecule is CCS(=O)C[C@@H](C)N. The van der Waals surface area contributed by atoms with Crippen LogP contribution in [0.25, 0.3) is 0 Å². The summed E-state index contributed by atoms with van der Waals surface area (Å²) in [5.74, 6) is 1.36. The van der Waals surface area contributed by atoms with Crippen molar-refractivity contribution in [1.82, 2.24) is 0 Å². The summed E-state index contributed by atoms with van der Waals surface area (Å²) in [6.07, 6.45) is 0. The van der Waals surface area contributed by atoms with E-state index in [9.17, 15) is 4.21 Å². The van der Waals surface area contributed by atoms with Crippen molar-refractivity contribution in [2.45, 2.75) is 19.9 Å². The highest BCUT2D eigenvalue weighted by atomic mass is 32.2. The van der Waals surface area contributed by atoms with E-state index in [4.69, 9.17) is 5.73 Å². The van der Waals surface area contributed by atoms with Gasteiger partial charge >= 0.3 is 0 Å². The van der Waals surface area contributed by atoms with Gasteiger partial charge in [-0.15, -0.1) is 0 Å². The zero-order valence-electron chi connectivity index (χ0n) is 5.39. The zero-order valence-corrected chi connectivity index (χ0v) is 6.20. The summed E-state index contributed by atoms with van der Waals surface area (Å²) in [4.78, 5) is 0. The van der Waals surface area contributed by atoms with Crippen LogP contribution in [-0.2, 0) is 10.8 Å². The fraction of sp³-hybridized carbons (Fsp3) is 1.00. The summed E-state index contributed by atoms with van der Waals surface area (Å²) in [5.41, 5.74) is 5.38. The first-order valence-corrected chi connectivity index (χ1v) is 4.26. The Morgan fingerprint density at radius 3 is 2.38 bits per heavy atom. The van der Waals surface area contributed by atoms with Gasteiger partial charge < -0.3 is 5.73 Å². The van der Waals surface area contributed by atoms with Crippen LogP contribution in [-0.4, -0.2) is 21.8 Å². The largest absolute Gasteiger partial charge is 0.327 e. The smallest absolute Gasteiger partial charge is 0.0383 e. The number of rotatable bonds is 3. The van der Waals surface area contributed by atoms with Gasteiger partial charge in [0.2, 0.25) is 0 Å². The van der Waals surface area contributed by atoms with E-state index in [0.717, 1.165) is 5.75 Å². The predicted molar refractivity (Wildman–Crippen MR) is 37.2 cm³/mol. The standard InChI is InChI=1S/C5H13NOS/c1-3-8(7)4-5(2)6/h5H,3-4,6H2,1-2H3/t5-,8?/m1/s1. The summed E-state index contributed by atoms with van der Waals surface area (Å²) in [7, 11) is -0.682. The van der Waals surface area contributed by atoms with E-state index in [-0.39, 0.29) is 6.04 Å².